The Morgan fingerprint density at radius 3 is 2.77 bits per heavy atom. The maximum atomic E-state index is 12.2. The molecule has 0 aromatic carbocycles. The smallest absolute Gasteiger partial charge is 0.269 e. The fraction of sp³-hybridized carbons (Fsp3) is 0.500. The zero-order valence-electron chi connectivity index (χ0n) is 15.6. The maximum absolute atomic E-state index is 12.2. The predicted molar refractivity (Wildman–Crippen MR) is 101 cm³/mol. The van der Waals surface area contributed by atoms with Gasteiger partial charge in [-0.05, 0) is 37.7 Å². The molecular weight excluding hydrogens is 348 g/mol. The van der Waals surface area contributed by atoms with Crippen molar-refractivity contribution in [3.63, 3.8) is 0 Å². The first-order valence-electron chi connectivity index (χ1n) is 8.58. The molecule has 0 bridgehead atoms. The van der Waals surface area contributed by atoms with Gasteiger partial charge in [0.2, 0.25) is 0 Å². The molecule has 0 spiro atoms. The third-order valence-corrected chi connectivity index (χ3v) is 4.49. The molecule has 0 saturated carbocycles. The molecule has 2 rings (SSSR count). The summed E-state index contributed by atoms with van der Waals surface area (Å²) in [6, 6.07) is 5.24. The van der Waals surface area contributed by atoms with Gasteiger partial charge in [0, 0.05) is 19.5 Å². The Kier molecular flexibility index (Phi) is 7.16. The number of aromatic nitrogens is 4. The molecule has 138 valence electrons. The number of aryl methyl sites for hydroxylation is 2. The average Bonchev–Trinajstić information content (AvgIpc) is 2.99. The van der Waals surface area contributed by atoms with Crippen LogP contribution in [0.1, 0.15) is 47.8 Å². The lowest BCUT2D eigenvalue weighted by molar-refractivity contribution is 0.0948. The Labute approximate surface area is 158 Å². The summed E-state index contributed by atoms with van der Waals surface area (Å²) in [4.78, 5) is 16.4. The van der Waals surface area contributed by atoms with Crippen molar-refractivity contribution in [1.82, 2.24) is 25.1 Å². The molecule has 0 saturated heterocycles. The van der Waals surface area contributed by atoms with E-state index in [0.29, 0.717) is 29.4 Å². The quantitative estimate of drug-likeness (QED) is 0.565. The van der Waals surface area contributed by atoms with E-state index in [0.717, 1.165) is 30.4 Å². The number of hydrogen-bond acceptors (Lipinski definition) is 6. The molecule has 0 atom stereocenters. The van der Waals surface area contributed by atoms with Crippen LogP contribution in [0.3, 0.4) is 0 Å². The number of thioether (sulfide) groups is 1. The van der Waals surface area contributed by atoms with Gasteiger partial charge in [0.05, 0.1) is 11.3 Å². The summed E-state index contributed by atoms with van der Waals surface area (Å²) in [5.74, 6) is 1.23. The topological polar surface area (TPSA) is 96.5 Å². The number of carbonyl (C=O) groups is 1. The Balaban J connectivity index is 1.89. The molecule has 1 amide bonds. The van der Waals surface area contributed by atoms with Crippen LogP contribution in [0.15, 0.2) is 17.3 Å². The van der Waals surface area contributed by atoms with Gasteiger partial charge in [-0.2, -0.15) is 5.26 Å². The zero-order valence-corrected chi connectivity index (χ0v) is 16.4. The molecule has 26 heavy (non-hydrogen) atoms. The van der Waals surface area contributed by atoms with Crippen LogP contribution in [-0.2, 0) is 13.0 Å². The SMILES string of the molecule is CSc1nnc(CCCNC(=O)c2ccc(C#N)c(C)n2)n1CC(C)C. The highest BCUT2D eigenvalue weighted by molar-refractivity contribution is 7.98. The Bertz CT molecular complexity index is 808. The highest BCUT2D eigenvalue weighted by Gasteiger charge is 2.13. The number of carbonyl (C=O) groups excluding carboxylic acids is 1. The fourth-order valence-corrected chi connectivity index (χ4v) is 3.07. The van der Waals surface area contributed by atoms with E-state index in [2.05, 4.69) is 38.9 Å². The van der Waals surface area contributed by atoms with E-state index in [-0.39, 0.29) is 5.91 Å². The molecule has 2 heterocycles. The first-order chi connectivity index (χ1) is 12.5. The van der Waals surface area contributed by atoms with E-state index < -0.39 is 0 Å². The normalized spacial score (nSPS) is 10.8. The van der Waals surface area contributed by atoms with Crippen LogP contribution in [0.2, 0.25) is 0 Å². The molecule has 7 nitrogen and oxygen atoms in total. The second-order valence-corrected chi connectivity index (χ2v) is 7.18. The molecule has 1 N–H and O–H groups in total. The average molecular weight is 372 g/mol. The highest BCUT2D eigenvalue weighted by atomic mass is 32.2. The first-order valence-corrected chi connectivity index (χ1v) is 9.80. The number of amides is 1. The van der Waals surface area contributed by atoms with Crippen LogP contribution in [0, 0.1) is 24.2 Å². The number of hydrogen-bond donors (Lipinski definition) is 1. The van der Waals surface area contributed by atoms with Crippen molar-refractivity contribution >= 4 is 17.7 Å². The van der Waals surface area contributed by atoms with Crippen LogP contribution >= 0.6 is 11.8 Å². The van der Waals surface area contributed by atoms with Crippen LogP contribution in [0.25, 0.3) is 0 Å². The van der Waals surface area contributed by atoms with Crippen molar-refractivity contribution in [3.05, 3.63) is 34.9 Å². The summed E-state index contributed by atoms with van der Waals surface area (Å²) in [5, 5.41) is 21.2. The summed E-state index contributed by atoms with van der Waals surface area (Å²) in [7, 11) is 0. The molecule has 8 heteroatoms. The number of nitriles is 1. The Hall–Kier alpha value is -2.40. The summed E-state index contributed by atoms with van der Waals surface area (Å²) in [6.45, 7) is 7.48. The largest absolute Gasteiger partial charge is 0.351 e. The van der Waals surface area contributed by atoms with Gasteiger partial charge in [0.25, 0.3) is 5.91 Å². The van der Waals surface area contributed by atoms with Crippen LogP contribution in [0.5, 0.6) is 0 Å². The van der Waals surface area contributed by atoms with Crippen LogP contribution < -0.4 is 5.32 Å². The molecule has 0 unspecified atom stereocenters. The van der Waals surface area contributed by atoms with E-state index in [9.17, 15) is 4.79 Å². The van der Waals surface area contributed by atoms with Crippen molar-refractivity contribution in [3.8, 4) is 6.07 Å². The molecular formula is C18H24N6OS. The number of nitrogens with zero attached hydrogens (tertiary/aromatic N) is 5. The predicted octanol–water partition coefficient (Wildman–Crippen LogP) is 2.59. The van der Waals surface area contributed by atoms with Gasteiger partial charge < -0.3 is 9.88 Å². The molecule has 0 aliphatic carbocycles. The van der Waals surface area contributed by atoms with Gasteiger partial charge in [0.15, 0.2) is 5.16 Å². The van der Waals surface area contributed by atoms with E-state index in [4.69, 9.17) is 5.26 Å². The van der Waals surface area contributed by atoms with Crippen LogP contribution in [0.4, 0.5) is 0 Å². The molecule has 0 aliphatic heterocycles. The second-order valence-electron chi connectivity index (χ2n) is 6.41. The fourth-order valence-electron chi connectivity index (χ4n) is 2.55. The third kappa shape index (κ3) is 5.05. The summed E-state index contributed by atoms with van der Waals surface area (Å²) in [6.07, 6.45) is 3.52. The lowest BCUT2D eigenvalue weighted by Gasteiger charge is -2.11. The van der Waals surface area contributed by atoms with Crippen molar-refractivity contribution < 1.29 is 4.79 Å². The summed E-state index contributed by atoms with van der Waals surface area (Å²) >= 11 is 1.59. The van der Waals surface area contributed by atoms with Gasteiger partial charge in [0.1, 0.15) is 17.6 Å². The van der Waals surface area contributed by atoms with Crippen molar-refractivity contribution in [2.45, 2.75) is 45.3 Å². The zero-order chi connectivity index (χ0) is 19.1. The van der Waals surface area contributed by atoms with Gasteiger partial charge in [-0.15, -0.1) is 10.2 Å². The minimum atomic E-state index is -0.231. The van der Waals surface area contributed by atoms with Gasteiger partial charge in [-0.1, -0.05) is 25.6 Å². The molecule has 2 aromatic heterocycles. The van der Waals surface area contributed by atoms with Gasteiger partial charge >= 0.3 is 0 Å². The minimum absolute atomic E-state index is 0.231. The molecule has 2 aromatic rings. The van der Waals surface area contributed by atoms with E-state index in [1.165, 1.54) is 0 Å². The number of pyridine rings is 1. The summed E-state index contributed by atoms with van der Waals surface area (Å²) in [5.41, 5.74) is 1.37. The van der Waals surface area contributed by atoms with Gasteiger partial charge in [-0.25, -0.2) is 4.98 Å². The van der Waals surface area contributed by atoms with E-state index in [1.54, 1.807) is 30.8 Å². The standard InChI is InChI=1S/C18H24N6OS/c1-12(2)11-24-16(22-23-18(24)26-4)6-5-9-20-17(25)15-8-7-14(10-19)13(3)21-15/h7-8,12H,5-6,9,11H2,1-4H3,(H,20,25). The monoisotopic (exact) mass is 372 g/mol. The second kappa shape index (κ2) is 9.34. The third-order valence-electron chi connectivity index (χ3n) is 3.83. The number of nitrogens with one attached hydrogen (secondary N) is 1. The van der Waals surface area contributed by atoms with Crippen molar-refractivity contribution in [2.75, 3.05) is 12.8 Å². The van der Waals surface area contributed by atoms with E-state index in [1.807, 2.05) is 12.3 Å². The van der Waals surface area contributed by atoms with Crippen molar-refractivity contribution in [1.29, 1.82) is 5.26 Å². The van der Waals surface area contributed by atoms with Crippen LogP contribution in [-0.4, -0.2) is 38.5 Å². The highest BCUT2D eigenvalue weighted by Crippen LogP contribution is 2.16. The lowest BCUT2D eigenvalue weighted by atomic mass is 10.2. The van der Waals surface area contributed by atoms with Crippen molar-refractivity contribution in [2.24, 2.45) is 5.92 Å². The molecule has 0 fully saturated rings. The number of rotatable bonds is 8. The summed E-state index contributed by atoms with van der Waals surface area (Å²) < 4.78 is 2.16. The van der Waals surface area contributed by atoms with E-state index >= 15 is 0 Å². The lowest BCUT2D eigenvalue weighted by Crippen LogP contribution is -2.26. The molecule has 0 radical (unpaired) electrons. The maximum Gasteiger partial charge on any atom is 0.269 e. The van der Waals surface area contributed by atoms with Gasteiger partial charge in [-0.3, -0.25) is 4.79 Å². The minimum Gasteiger partial charge on any atom is -0.351 e. The Morgan fingerprint density at radius 2 is 2.15 bits per heavy atom. The Morgan fingerprint density at radius 1 is 1.38 bits per heavy atom. The first kappa shape index (κ1) is 19.9. The molecule has 0 aliphatic rings.